The van der Waals surface area contributed by atoms with Crippen LogP contribution in [0.15, 0.2) is 12.4 Å². The van der Waals surface area contributed by atoms with Crippen LogP contribution < -0.4 is 10.6 Å². The molecule has 2 aromatic heterocycles. The molecule has 0 atom stereocenters. The second-order valence-electron chi connectivity index (χ2n) is 5.55. The highest BCUT2D eigenvalue weighted by Crippen LogP contribution is 2.18. The second-order valence-corrected chi connectivity index (χ2v) is 5.96. The third-order valence-electron chi connectivity index (χ3n) is 3.35. The van der Waals surface area contributed by atoms with Gasteiger partial charge in [0.25, 0.3) is 0 Å². The van der Waals surface area contributed by atoms with E-state index in [9.17, 15) is 4.79 Å². The number of anilines is 2. The Balaban J connectivity index is 2.16. The predicted molar refractivity (Wildman–Crippen MR) is 96.2 cm³/mol. The summed E-state index contributed by atoms with van der Waals surface area (Å²) in [6.07, 6.45) is 3.19. The van der Waals surface area contributed by atoms with Crippen molar-refractivity contribution in [1.82, 2.24) is 19.6 Å². The highest BCUT2D eigenvalue weighted by Gasteiger charge is 2.20. The molecule has 0 unspecified atom stereocenters. The predicted octanol–water partition coefficient (Wildman–Crippen LogP) is 2.32. The fraction of sp³-hybridized carbons (Fsp3) is 0.467. The molecule has 0 aliphatic heterocycles. The molecule has 0 spiro atoms. The number of aryl methyl sites for hydroxylation is 2. The molecule has 130 valence electrons. The van der Waals surface area contributed by atoms with Crippen LogP contribution in [0.5, 0.6) is 0 Å². The molecule has 0 amide bonds. The Labute approximate surface area is 146 Å². The molecule has 9 heteroatoms. The fourth-order valence-electron chi connectivity index (χ4n) is 1.99. The van der Waals surface area contributed by atoms with E-state index in [1.165, 1.54) is 0 Å². The summed E-state index contributed by atoms with van der Waals surface area (Å²) >= 11 is 5.32. The molecule has 0 aliphatic rings. The highest BCUT2D eigenvalue weighted by molar-refractivity contribution is 7.80. The topological polar surface area (TPSA) is 86.0 Å². The Morgan fingerprint density at radius 3 is 2.58 bits per heavy atom. The molecule has 2 heterocycles. The van der Waals surface area contributed by atoms with E-state index in [2.05, 4.69) is 20.8 Å². The van der Waals surface area contributed by atoms with Crippen molar-refractivity contribution in [2.75, 3.05) is 10.6 Å². The van der Waals surface area contributed by atoms with E-state index in [4.69, 9.17) is 17.0 Å². The maximum absolute atomic E-state index is 12.2. The number of nitrogens with one attached hydrogen (secondary N) is 2. The summed E-state index contributed by atoms with van der Waals surface area (Å²) in [4.78, 5) is 12.2. The summed E-state index contributed by atoms with van der Waals surface area (Å²) in [6, 6.07) is 0. The smallest absolute Gasteiger partial charge is 0.361 e. The lowest BCUT2D eigenvalue weighted by molar-refractivity contribution is 0.0371. The average molecular weight is 350 g/mol. The summed E-state index contributed by atoms with van der Waals surface area (Å²) in [6.45, 7) is 8.08. The first kappa shape index (κ1) is 17.9. The lowest BCUT2D eigenvalue weighted by Gasteiger charge is -2.10. The minimum atomic E-state index is -0.486. The molecule has 0 fully saturated rings. The summed E-state index contributed by atoms with van der Waals surface area (Å²) in [5.41, 5.74) is 2.45. The van der Waals surface area contributed by atoms with E-state index < -0.39 is 5.97 Å². The van der Waals surface area contributed by atoms with Crippen LogP contribution in [-0.4, -0.2) is 36.7 Å². The number of thiocarbonyl (C=S) groups is 1. The number of carbonyl (C=O) groups excluding carboxylic acids is 1. The Morgan fingerprint density at radius 1 is 1.38 bits per heavy atom. The quantitative estimate of drug-likeness (QED) is 0.632. The molecule has 2 aromatic rings. The van der Waals surface area contributed by atoms with Crippen molar-refractivity contribution in [3.05, 3.63) is 23.8 Å². The largest absolute Gasteiger partial charge is 0.458 e. The van der Waals surface area contributed by atoms with Gasteiger partial charge in [0.15, 0.2) is 10.8 Å². The molecule has 0 aliphatic carbocycles. The zero-order valence-electron chi connectivity index (χ0n) is 14.5. The molecule has 24 heavy (non-hydrogen) atoms. The number of aromatic nitrogens is 4. The molecular weight excluding hydrogens is 328 g/mol. The lowest BCUT2D eigenvalue weighted by atomic mass is 10.3. The molecule has 0 bridgehead atoms. The Hall–Kier alpha value is -2.42. The van der Waals surface area contributed by atoms with Crippen LogP contribution in [0.1, 0.15) is 37.0 Å². The number of rotatable bonds is 5. The maximum atomic E-state index is 12.2. The van der Waals surface area contributed by atoms with Gasteiger partial charge in [-0.15, -0.1) is 0 Å². The number of ether oxygens (including phenoxy) is 1. The van der Waals surface area contributed by atoms with Gasteiger partial charge in [0.1, 0.15) is 0 Å². The summed E-state index contributed by atoms with van der Waals surface area (Å²) < 4.78 is 8.62. The van der Waals surface area contributed by atoms with Crippen LogP contribution in [0, 0.1) is 6.92 Å². The molecule has 0 radical (unpaired) electrons. The summed E-state index contributed by atoms with van der Waals surface area (Å²) in [5.74, 6) is -0.486. The van der Waals surface area contributed by atoms with Crippen molar-refractivity contribution in [2.45, 2.75) is 40.3 Å². The van der Waals surface area contributed by atoms with Crippen LogP contribution in [0.3, 0.4) is 0 Å². The van der Waals surface area contributed by atoms with Crippen LogP contribution in [0.25, 0.3) is 0 Å². The Morgan fingerprint density at radius 2 is 2.04 bits per heavy atom. The van der Waals surface area contributed by atoms with Crippen molar-refractivity contribution < 1.29 is 9.53 Å². The third kappa shape index (κ3) is 4.10. The fourth-order valence-corrected chi connectivity index (χ4v) is 2.21. The first-order chi connectivity index (χ1) is 11.3. The van der Waals surface area contributed by atoms with E-state index in [-0.39, 0.29) is 11.8 Å². The number of nitrogens with zero attached hydrogens (tertiary/aromatic N) is 4. The normalized spacial score (nSPS) is 10.8. The molecule has 2 rings (SSSR count). The zero-order chi connectivity index (χ0) is 17.9. The van der Waals surface area contributed by atoms with Crippen LogP contribution >= 0.6 is 12.2 Å². The van der Waals surface area contributed by atoms with Crippen molar-refractivity contribution in [3.8, 4) is 0 Å². The van der Waals surface area contributed by atoms with Gasteiger partial charge in [0, 0.05) is 19.8 Å². The van der Waals surface area contributed by atoms with Gasteiger partial charge in [-0.05, 0) is 39.9 Å². The molecule has 0 aromatic carbocycles. The monoisotopic (exact) mass is 350 g/mol. The Kier molecular flexibility index (Phi) is 5.55. The van der Waals surface area contributed by atoms with Gasteiger partial charge in [0.2, 0.25) is 0 Å². The molecule has 2 N–H and O–H groups in total. The molecule has 8 nitrogen and oxygen atoms in total. The average Bonchev–Trinajstić information content (AvgIpc) is 3.05. The van der Waals surface area contributed by atoms with Crippen LogP contribution in [-0.2, 0) is 18.3 Å². The van der Waals surface area contributed by atoms with Crippen LogP contribution in [0.2, 0.25) is 0 Å². The zero-order valence-corrected chi connectivity index (χ0v) is 15.3. The van der Waals surface area contributed by atoms with Crippen molar-refractivity contribution >= 4 is 34.7 Å². The molecule has 0 saturated carbocycles. The van der Waals surface area contributed by atoms with E-state index >= 15 is 0 Å². The van der Waals surface area contributed by atoms with Crippen molar-refractivity contribution in [1.29, 1.82) is 0 Å². The minimum absolute atomic E-state index is 0.206. The van der Waals surface area contributed by atoms with Gasteiger partial charge >= 0.3 is 5.97 Å². The van der Waals surface area contributed by atoms with Gasteiger partial charge in [-0.3, -0.25) is 9.36 Å². The first-order valence-electron chi connectivity index (χ1n) is 7.66. The first-order valence-corrected chi connectivity index (χ1v) is 8.07. The molecule has 0 saturated heterocycles. The third-order valence-corrected chi connectivity index (χ3v) is 3.56. The lowest BCUT2D eigenvalue weighted by Crippen LogP contribution is -2.21. The van der Waals surface area contributed by atoms with Gasteiger partial charge in [0.05, 0.1) is 29.4 Å². The maximum Gasteiger partial charge on any atom is 0.361 e. The Bertz CT molecular complexity index is 749. The van der Waals surface area contributed by atoms with E-state index in [0.717, 1.165) is 11.4 Å². The standard InChI is InChI=1S/C15H22N6O2S/c1-6-21-8-12(13(19-21)14(22)23-9(2)3)18-15(24)17-11-7-16-20(5)10(11)4/h7-9H,6H2,1-5H3,(H2,17,18,24). The van der Waals surface area contributed by atoms with E-state index in [1.807, 2.05) is 20.9 Å². The van der Waals surface area contributed by atoms with Gasteiger partial charge < -0.3 is 15.4 Å². The van der Waals surface area contributed by atoms with Gasteiger partial charge in [-0.1, -0.05) is 0 Å². The van der Waals surface area contributed by atoms with Crippen molar-refractivity contribution in [2.24, 2.45) is 7.05 Å². The molecular formula is C15H22N6O2S. The SMILES string of the molecule is CCn1cc(NC(=S)Nc2cnn(C)c2C)c(C(=O)OC(C)C)n1. The van der Waals surface area contributed by atoms with E-state index in [1.54, 1.807) is 35.6 Å². The van der Waals surface area contributed by atoms with Gasteiger partial charge in [-0.2, -0.15) is 10.2 Å². The van der Waals surface area contributed by atoms with Gasteiger partial charge in [-0.25, -0.2) is 4.79 Å². The summed E-state index contributed by atoms with van der Waals surface area (Å²) in [7, 11) is 1.85. The summed E-state index contributed by atoms with van der Waals surface area (Å²) in [5, 5.41) is 14.8. The van der Waals surface area contributed by atoms with Crippen LogP contribution in [0.4, 0.5) is 11.4 Å². The number of hydrogen-bond acceptors (Lipinski definition) is 5. The van der Waals surface area contributed by atoms with E-state index in [0.29, 0.717) is 17.3 Å². The van der Waals surface area contributed by atoms with Crippen molar-refractivity contribution in [3.63, 3.8) is 0 Å². The number of esters is 1. The second kappa shape index (κ2) is 7.43. The number of carbonyl (C=O) groups is 1. The minimum Gasteiger partial charge on any atom is -0.458 e. The highest BCUT2D eigenvalue weighted by atomic mass is 32.1. The number of hydrogen-bond donors (Lipinski definition) is 2.